The van der Waals surface area contributed by atoms with Gasteiger partial charge in [-0.1, -0.05) is 6.92 Å². The number of carbonyl (C=O) groups is 1. The van der Waals surface area contributed by atoms with Crippen LogP contribution in [0.4, 0.5) is 11.4 Å². The van der Waals surface area contributed by atoms with Gasteiger partial charge in [0.25, 0.3) is 11.6 Å². The molecule has 1 aromatic heterocycles. The molecule has 1 N–H and O–H groups in total. The number of hydrogen-bond acceptors (Lipinski definition) is 7. The lowest BCUT2D eigenvalue weighted by Gasteiger charge is -2.32. The van der Waals surface area contributed by atoms with Crippen LogP contribution in [0.1, 0.15) is 47.6 Å². The van der Waals surface area contributed by atoms with Gasteiger partial charge in [0.1, 0.15) is 29.1 Å². The van der Waals surface area contributed by atoms with Crippen LogP contribution in [0.5, 0.6) is 11.5 Å². The van der Waals surface area contributed by atoms with Crippen LogP contribution in [-0.2, 0) is 7.05 Å². The zero-order chi connectivity index (χ0) is 25.8. The van der Waals surface area contributed by atoms with E-state index in [2.05, 4.69) is 17.2 Å². The maximum atomic E-state index is 13.4. The second kappa shape index (κ2) is 10.7. The van der Waals surface area contributed by atoms with Gasteiger partial charge in [-0.25, -0.2) is 4.98 Å². The number of carbonyl (C=O) groups excluding carboxylic acids is 1. The Bertz CT molecular complexity index is 1240. The summed E-state index contributed by atoms with van der Waals surface area (Å²) in [5, 5.41) is 14.9. The highest BCUT2D eigenvalue weighted by atomic mass is 16.6. The predicted molar refractivity (Wildman–Crippen MR) is 136 cm³/mol. The molecule has 0 aliphatic carbocycles. The standard InChI is InChI=1S/C26H31N5O5/c1-17-6-5-10-30(16-17)22-8-7-18(14-23(22)31(33)34)26(32)28-24(25-27-9-11-29(25)2)19-12-20(35-3)15-21(13-19)36-4/h7-9,11-15,17,24H,5-6,10,16H2,1-4H3,(H,28,32). The SMILES string of the molecule is COc1cc(OC)cc(C(NC(=O)c2ccc(N3CCCC(C)C3)c([N+](=O)[O-])c2)c2nccn2C)c1. The van der Waals surface area contributed by atoms with Gasteiger partial charge in [0.15, 0.2) is 0 Å². The highest BCUT2D eigenvalue weighted by Crippen LogP contribution is 2.33. The van der Waals surface area contributed by atoms with Crippen LogP contribution in [-0.4, -0.2) is 47.7 Å². The van der Waals surface area contributed by atoms with E-state index in [0.29, 0.717) is 34.5 Å². The molecule has 0 bridgehead atoms. The van der Waals surface area contributed by atoms with Crippen molar-refractivity contribution in [3.63, 3.8) is 0 Å². The molecule has 1 aliphatic heterocycles. The van der Waals surface area contributed by atoms with Crippen LogP contribution in [0.25, 0.3) is 0 Å². The summed E-state index contributed by atoms with van der Waals surface area (Å²) < 4.78 is 12.6. The number of aryl methyl sites for hydroxylation is 1. The van der Waals surface area contributed by atoms with Crippen molar-refractivity contribution in [3.8, 4) is 11.5 Å². The van der Waals surface area contributed by atoms with Crippen LogP contribution in [0, 0.1) is 16.0 Å². The number of methoxy groups -OCH3 is 2. The number of amides is 1. The van der Waals surface area contributed by atoms with Crippen molar-refractivity contribution in [1.82, 2.24) is 14.9 Å². The van der Waals surface area contributed by atoms with Gasteiger partial charge in [-0.05, 0) is 48.6 Å². The third kappa shape index (κ3) is 5.27. The Hall–Kier alpha value is -4.08. The molecule has 2 unspecified atom stereocenters. The molecular weight excluding hydrogens is 462 g/mol. The van der Waals surface area contributed by atoms with E-state index in [4.69, 9.17) is 9.47 Å². The second-order valence-electron chi connectivity index (χ2n) is 9.10. The Morgan fingerprint density at radius 3 is 2.50 bits per heavy atom. The molecule has 10 heteroatoms. The number of piperidine rings is 1. The summed E-state index contributed by atoms with van der Waals surface area (Å²) in [6, 6.07) is 9.35. The highest BCUT2D eigenvalue weighted by Gasteiger charge is 2.27. The molecule has 3 aromatic rings. The van der Waals surface area contributed by atoms with Crippen LogP contribution >= 0.6 is 0 Å². The Morgan fingerprint density at radius 2 is 1.92 bits per heavy atom. The van der Waals surface area contributed by atoms with Crippen molar-refractivity contribution >= 4 is 17.3 Å². The van der Waals surface area contributed by atoms with Crippen molar-refractivity contribution in [2.45, 2.75) is 25.8 Å². The van der Waals surface area contributed by atoms with Gasteiger partial charge < -0.3 is 24.3 Å². The van der Waals surface area contributed by atoms with Crippen LogP contribution in [0.15, 0.2) is 48.8 Å². The number of nitro groups is 1. The fourth-order valence-corrected chi connectivity index (χ4v) is 4.65. The number of aromatic nitrogens is 2. The first-order chi connectivity index (χ1) is 17.3. The summed E-state index contributed by atoms with van der Waals surface area (Å²) >= 11 is 0. The van der Waals surface area contributed by atoms with Crippen molar-refractivity contribution in [2.75, 3.05) is 32.2 Å². The van der Waals surface area contributed by atoms with Crippen LogP contribution in [0.3, 0.4) is 0 Å². The molecule has 0 radical (unpaired) electrons. The molecule has 36 heavy (non-hydrogen) atoms. The zero-order valence-electron chi connectivity index (χ0n) is 20.9. The molecule has 2 aromatic carbocycles. The summed E-state index contributed by atoms with van der Waals surface area (Å²) in [7, 11) is 4.94. The summed E-state index contributed by atoms with van der Waals surface area (Å²) in [6.07, 6.45) is 5.51. The van der Waals surface area contributed by atoms with E-state index in [1.807, 2.05) is 11.9 Å². The summed E-state index contributed by atoms with van der Waals surface area (Å²) in [6.45, 7) is 3.66. The number of nitro benzene ring substituents is 1. The summed E-state index contributed by atoms with van der Waals surface area (Å²) in [5.74, 6) is 1.72. The highest BCUT2D eigenvalue weighted by molar-refractivity contribution is 5.96. The van der Waals surface area contributed by atoms with Crippen LogP contribution < -0.4 is 19.7 Å². The smallest absolute Gasteiger partial charge is 0.293 e. The third-order valence-corrected chi connectivity index (χ3v) is 6.53. The Labute approximate surface area is 210 Å². The average molecular weight is 494 g/mol. The quantitative estimate of drug-likeness (QED) is 0.371. The first-order valence-electron chi connectivity index (χ1n) is 11.8. The normalized spacial score (nSPS) is 16.3. The molecule has 1 saturated heterocycles. The monoisotopic (exact) mass is 493 g/mol. The number of ether oxygens (including phenoxy) is 2. The zero-order valence-corrected chi connectivity index (χ0v) is 20.9. The van der Waals surface area contributed by atoms with Crippen molar-refractivity contribution < 1.29 is 19.2 Å². The Morgan fingerprint density at radius 1 is 1.19 bits per heavy atom. The number of nitrogens with zero attached hydrogens (tertiary/aromatic N) is 4. The maximum Gasteiger partial charge on any atom is 0.293 e. The molecule has 4 rings (SSSR count). The second-order valence-corrected chi connectivity index (χ2v) is 9.10. The van der Waals surface area contributed by atoms with Gasteiger partial charge >= 0.3 is 0 Å². The van der Waals surface area contributed by atoms with E-state index >= 15 is 0 Å². The van der Waals surface area contributed by atoms with Gasteiger partial charge in [-0.3, -0.25) is 14.9 Å². The molecule has 0 saturated carbocycles. The predicted octanol–water partition coefficient (Wildman–Crippen LogP) is 4.10. The lowest BCUT2D eigenvalue weighted by Crippen LogP contribution is -2.35. The number of rotatable bonds is 8. The fraction of sp³-hybridized carbons (Fsp3) is 0.385. The summed E-state index contributed by atoms with van der Waals surface area (Å²) in [5.41, 5.74) is 1.36. The minimum Gasteiger partial charge on any atom is -0.497 e. The van der Waals surface area contributed by atoms with E-state index in [0.717, 1.165) is 25.9 Å². The topological polar surface area (TPSA) is 112 Å². The molecule has 2 heterocycles. The molecule has 1 fully saturated rings. The largest absolute Gasteiger partial charge is 0.497 e. The number of hydrogen-bond donors (Lipinski definition) is 1. The third-order valence-electron chi connectivity index (χ3n) is 6.53. The van der Waals surface area contributed by atoms with E-state index in [1.54, 1.807) is 61.5 Å². The maximum absolute atomic E-state index is 13.4. The van der Waals surface area contributed by atoms with Gasteiger partial charge in [0.2, 0.25) is 0 Å². The van der Waals surface area contributed by atoms with Crippen LogP contribution in [0.2, 0.25) is 0 Å². The number of nitrogens with one attached hydrogen (secondary N) is 1. The van der Waals surface area contributed by atoms with Gasteiger partial charge in [-0.2, -0.15) is 0 Å². The molecular formula is C26H31N5O5. The molecule has 190 valence electrons. The minimum absolute atomic E-state index is 0.0756. The Kier molecular flexibility index (Phi) is 7.42. The van der Waals surface area contributed by atoms with Crippen molar-refractivity contribution in [1.29, 1.82) is 0 Å². The minimum atomic E-state index is -0.650. The molecule has 10 nitrogen and oxygen atoms in total. The lowest BCUT2D eigenvalue weighted by molar-refractivity contribution is -0.384. The molecule has 2 atom stereocenters. The van der Waals surface area contributed by atoms with Gasteiger partial charge in [-0.15, -0.1) is 0 Å². The van der Waals surface area contributed by atoms with E-state index < -0.39 is 16.9 Å². The molecule has 1 aliphatic rings. The number of benzene rings is 2. The fourth-order valence-electron chi connectivity index (χ4n) is 4.65. The lowest BCUT2D eigenvalue weighted by atomic mass is 9.99. The molecule has 0 spiro atoms. The van der Waals surface area contributed by atoms with Gasteiger partial charge in [0.05, 0.1) is 19.1 Å². The van der Waals surface area contributed by atoms with E-state index in [-0.39, 0.29) is 11.3 Å². The average Bonchev–Trinajstić information content (AvgIpc) is 3.31. The molecule has 1 amide bonds. The van der Waals surface area contributed by atoms with Crippen molar-refractivity contribution in [2.24, 2.45) is 13.0 Å². The first kappa shape index (κ1) is 25.0. The van der Waals surface area contributed by atoms with Crippen molar-refractivity contribution in [3.05, 3.63) is 75.9 Å². The number of imidazole rings is 1. The first-order valence-corrected chi connectivity index (χ1v) is 11.8. The van der Waals surface area contributed by atoms with Gasteiger partial charge in [0, 0.05) is 50.2 Å². The van der Waals surface area contributed by atoms with E-state index in [9.17, 15) is 14.9 Å². The van der Waals surface area contributed by atoms with E-state index in [1.165, 1.54) is 6.07 Å². The Balaban J connectivity index is 1.69. The number of anilines is 1. The summed E-state index contributed by atoms with van der Waals surface area (Å²) in [4.78, 5) is 31.4.